The van der Waals surface area contributed by atoms with E-state index in [1.807, 2.05) is 138 Å². The highest BCUT2D eigenvalue weighted by Gasteiger charge is 2.73. The van der Waals surface area contributed by atoms with E-state index in [-0.39, 0.29) is 95.7 Å². The fraction of sp³-hybridized carbons (Fsp3) is 0.881. The normalized spacial score (nSPS) is 30.9. The van der Waals surface area contributed by atoms with E-state index in [1.165, 1.54) is 117 Å². The molecule has 0 spiro atoms. The van der Waals surface area contributed by atoms with Crippen molar-refractivity contribution in [3.8, 4) is 12.1 Å². The van der Waals surface area contributed by atoms with E-state index >= 15 is 0 Å². The third-order valence-corrected chi connectivity index (χ3v) is 32.7. The molecule has 0 aromatic rings. The summed E-state index contributed by atoms with van der Waals surface area (Å²) < 4.78 is 53.1. The molecular weight excluding hydrogens is 1590 g/mol. The lowest BCUT2D eigenvalue weighted by molar-refractivity contribution is -0.264. The van der Waals surface area contributed by atoms with E-state index in [1.54, 1.807) is 0 Å². The monoisotopic (exact) mass is 1760 g/mol. The summed E-state index contributed by atoms with van der Waals surface area (Å²) in [6.45, 7) is 40.2. The lowest BCUT2D eigenvalue weighted by atomic mass is 9.50. The quantitative estimate of drug-likeness (QED) is 0.0709. The highest BCUT2D eigenvalue weighted by molar-refractivity contribution is 5.85. The standard InChI is InChI=1S/C22H38O4.C17H30O4.C16H26O4.C15H19NO4.C9H12O2.C8H11N.2C7H14O2/c1-5-21(2,3)20(24)25-16-19(23)26-22(4,17-12-8-6-9-13-17)18-14-10-7-11-15-18;1-6-16(2,3)15(19)20-12-14(18)21-17(4,5)13-10-8-7-9-11-13;1-4-13(2,3)12(17)20-16-7-11-5-14(18,9-16)8-15(19,6-11)10-16;1-4-14(2,3)12(17)19-10-8-5-9-11(10)20-13(18)15(9,6-8)7-16;10-9-8-6-2-1-5(3-6)7(8)4-11-9;9-5-8-4-6-1-2-7(8)3-6;2*1-5-7(2,3)6(8)9-4/h17-18H,5-16H2,1-4H3;13H,6-12H2,1-5H3;11,18-19H,4-10H2,1-3H3;8-11H,4-6H2,1-3H3;5-8H,1-4H2;6-8H,1-4H2;2*5H2,1-4H3. The molecule has 2 N–H and O–H groups in total. The maximum atomic E-state index is 12.6. The highest BCUT2D eigenvalue weighted by Crippen LogP contribution is 2.64. The van der Waals surface area contributed by atoms with Gasteiger partial charge in [0, 0.05) is 42.9 Å². The van der Waals surface area contributed by atoms with Gasteiger partial charge in [0.1, 0.15) is 29.0 Å². The number of methoxy groups -OCH3 is 2. The van der Waals surface area contributed by atoms with Gasteiger partial charge in [0.05, 0.1) is 82.6 Å². The molecule has 0 aromatic heterocycles. The van der Waals surface area contributed by atoms with E-state index < -0.39 is 73.1 Å². The molecule has 2 heterocycles. The van der Waals surface area contributed by atoms with E-state index in [9.17, 15) is 63.4 Å². The van der Waals surface area contributed by atoms with E-state index in [0.29, 0.717) is 86.4 Å². The van der Waals surface area contributed by atoms with E-state index in [0.717, 1.165) is 108 Å². The fourth-order valence-corrected chi connectivity index (χ4v) is 22.4. The zero-order chi connectivity index (χ0) is 93.5. The van der Waals surface area contributed by atoms with Crippen LogP contribution < -0.4 is 0 Å². The van der Waals surface area contributed by atoms with Crippen molar-refractivity contribution in [2.75, 3.05) is 34.0 Å². The van der Waals surface area contributed by atoms with Crippen molar-refractivity contribution in [2.24, 2.45) is 115 Å². The molecule has 2 saturated heterocycles. The fourth-order valence-electron chi connectivity index (χ4n) is 22.4. The van der Waals surface area contributed by atoms with E-state index in [4.69, 9.17) is 43.2 Å². The van der Waals surface area contributed by atoms with Crippen molar-refractivity contribution in [1.82, 2.24) is 0 Å². The van der Waals surface area contributed by atoms with Crippen LogP contribution in [-0.2, 0) is 95.3 Å². The number of fused-ring (bicyclic) bond motifs is 8. The van der Waals surface area contributed by atoms with Crippen LogP contribution >= 0.6 is 0 Å². The molecule has 14 atom stereocenters. The van der Waals surface area contributed by atoms with E-state index in [2.05, 4.69) is 28.5 Å². The number of carbonyl (C=O) groups is 10. The molecule has 24 heteroatoms. The predicted molar refractivity (Wildman–Crippen MR) is 472 cm³/mol. The lowest BCUT2D eigenvalue weighted by Crippen LogP contribution is -2.67. The Balaban J connectivity index is 0.000000202. The Morgan fingerprint density at radius 3 is 1.29 bits per heavy atom. The van der Waals surface area contributed by atoms with Crippen LogP contribution in [0.5, 0.6) is 0 Å². The molecular formula is C101H164N2O22. The third-order valence-electron chi connectivity index (χ3n) is 32.7. The van der Waals surface area contributed by atoms with Crippen molar-refractivity contribution in [3.05, 3.63) is 0 Å². The topological polar surface area (TPSA) is 351 Å². The average Bonchev–Trinajstić information content (AvgIpc) is 1.65. The van der Waals surface area contributed by atoms with Crippen LogP contribution in [0.4, 0.5) is 0 Å². The number of carbonyl (C=O) groups excluding carboxylic acids is 10. The number of rotatable bonds is 23. The zero-order valence-corrected chi connectivity index (χ0v) is 81.2. The summed E-state index contributed by atoms with van der Waals surface area (Å²) in [5.74, 6) is 3.57. The van der Waals surface area contributed by atoms with Crippen molar-refractivity contribution in [2.45, 2.75) is 417 Å². The molecule has 0 amide bonds. The first-order valence-corrected chi connectivity index (χ1v) is 48.3. The second-order valence-electron chi connectivity index (χ2n) is 44.5. The molecule has 2 aliphatic heterocycles. The number of hydrogen-bond acceptors (Lipinski definition) is 24. The number of esters is 10. The van der Waals surface area contributed by atoms with Crippen molar-refractivity contribution < 1.29 is 106 Å². The SMILES string of the molecule is CCC(C)(C)C(=O)OC.CCC(C)(C)C(=O)OC.CCC(C)(C)C(=O)OC12CC3CC(O)(CC(O)(C3)C1)C2.CCC(C)(C)C(=O)OC1C2CC3C1OC(=O)C3(C#N)C2.CCC(C)(C)C(=O)OCC(=O)OC(C)(C)C1CCCCC1.CCC(C)(C)C(=O)OCC(=O)OC(C)(C1CCCCC1)C1CCCCC1.N#CC1CC2CCC1C2.O=C1OCC2C3CCC(C3)C12. The minimum Gasteiger partial charge on any atom is -0.469 e. The van der Waals surface area contributed by atoms with Gasteiger partial charge in [-0.1, -0.05) is 106 Å². The first-order valence-electron chi connectivity index (χ1n) is 48.3. The Morgan fingerprint density at radius 1 is 0.456 bits per heavy atom. The van der Waals surface area contributed by atoms with Crippen LogP contribution in [0.2, 0.25) is 0 Å². The summed E-state index contributed by atoms with van der Waals surface area (Å²) in [7, 11) is 2.83. The van der Waals surface area contributed by atoms with Crippen LogP contribution in [0, 0.1) is 137 Å². The molecule has 13 saturated carbocycles. The number of hydrogen-bond donors (Lipinski definition) is 2. The molecule has 13 aliphatic carbocycles. The van der Waals surface area contributed by atoms with Gasteiger partial charge in [0.2, 0.25) is 0 Å². The summed E-state index contributed by atoms with van der Waals surface area (Å²) in [5, 5.41) is 39.3. The Hall–Kier alpha value is -6.40. The minimum absolute atomic E-state index is 0.0766. The molecule has 125 heavy (non-hydrogen) atoms. The van der Waals surface area contributed by atoms with Gasteiger partial charge in [-0.2, -0.15) is 10.5 Å². The van der Waals surface area contributed by atoms with Gasteiger partial charge in [-0.05, 0) is 299 Å². The first kappa shape index (κ1) is 106. The molecule has 24 nitrogen and oxygen atoms in total. The van der Waals surface area contributed by atoms with Gasteiger partial charge in [-0.25, -0.2) is 9.59 Å². The smallest absolute Gasteiger partial charge is 0.344 e. The summed E-state index contributed by atoms with van der Waals surface area (Å²) in [5.41, 5.74) is -6.97. The molecule has 15 aliphatic rings. The largest absolute Gasteiger partial charge is 0.469 e. The number of nitrogens with zero attached hydrogens (tertiary/aromatic N) is 2. The first-order chi connectivity index (χ1) is 58.3. The molecule has 15 rings (SSSR count). The Labute approximate surface area is 749 Å². The lowest BCUT2D eigenvalue weighted by Gasteiger charge is -2.62. The van der Waals surface area contributed by atoms with Crippen LogP contribution in [0.15, 0.2) is 0 Å². The minimum atomic E-state index is -0.974. The number of aliphatic hydroxyl groups is 2. The Bertz CT molecular complexity index is 3680. The van der Waals surface area contributed by atoms with Crippen LogP contribution in [-0.4, -0.2) is 144 Å². The third kappa shape index (κ3) is 26.3. The van der Waals surface area contributed by atoms with Crippen molar-refractivity contribution in [1.29, 1.82) is 10.5 Å². The van der Waals surface area contributed by atoms with Crippen molar-refractivity contribution >= 4 is 59.7 Å². The van der Waals surface area contributed by atoms with Gasteiger partial charge in [-0.15, -0.1) is 0 Å². The summed E-state index contributed by atoms with van der Waals surface area (Å²) in [6, 6.07) is 4.55. The van der Waals surface area contributed by atoms with Gasteiger partial charge in [0.15, 0.2) is 18.6 Å². The molecule has 710 valence electrons. The molecule has 15 fully saturated rings. The number of ether oxygens (including phenoxy) is 10. The average molecular weight is 1760 g/mol. The van der Waals surface area contributed by atoms with Gasteiger partial charge in [-0.3, -0.25) is 38.4 Å². The summed E-state index contributed by atoms with van der Waals surface area (Å²) in [6.07, 6.45) is 35.7. The maximum absolute atomic E-state index is 12.6. The molecule has 14 unspecified atom stereocenters. The van der Waals surface area contributed by atoms with Crippen LogP contribution in [0.3, 0.4) is 0 Å². The Kier molecular flexibility index (Phi) is 36.8. The maximum Gasteiger partial charge on any atom is 0.344 e. The second kappa shape index (κ2) is 43.6. The van der Waals surface area contributed by atoms with Gasteiger partial charge < -0.3 is 57.6 Å². The predicted octanol–water partition coefficient (Wildman–Crippen LogP) is 19.6. The number of nitriles is 2. The second-order valence-corrected chi connectivity index (χ2v) is 44.5. The zero-order valence-electron chi connectivity index (χ0n) is 81.2. The van der Waals surface area contributed by atoms with Crippen LogP contribution in [0.1, 0.15) is 377 Å². The molecule has 0 radical (unpaired) electrons. The van der Waals surface area contributed by atoms with Crippen LogP contribution in [0.25, 0.3) is 0 Å². The van der Waals surface area contributed by atoms with Crippen molar-refractivity contribution in [3.63, 3.8) is 0 Å². The van der Waals surface area contributed by atoms with Gasteiger partial charge >= 0.3 is 59.7 Å². The molecule has 10 bridgehead atoms. The molecule has 0 aromatic carbocycles. The summed E-state index contributed by atoms with van der Waals surface area (Å²) >= 11 is 0. The Morgan fingerprint density at radius 2 is 0.888 bits per heavy atom. The summed E-state index contributed by atoms with van der Waals surface area (Å²) in [4.78, 5) is 118. The van der Waals surface area contributed by atoms with Gasteiger partial charge in [0.25, 0.3) is 0 Å². The number of cyclic esters (lactones) is 1. The highest BCUT2D eigenvalue weighted by atomic mass is 16.6.